The summed E-state index contributed by atoms with van der Waals surface area (Å²) in [6, 6.07) is 9.11. The molecule has 0 radical (unpaired) electrons. The van der Waals surface area contributed by atoms with E-state index in [1.165, 1.54) is 22.7 Å². The molecule has 0 aromatic heterocycles. The SMILES string of the molecule is C=C1CC(CC(C)(C)C)CN1c1ccc(SCC(C)(C)C(C)(C)C)cc1. The molecule has 1 heterocycles. The van der Waals surface area contributed by atoms with Crippen molar-refractivity contribution >= 4 is 17.4 Å². The number of thioether (sulfide) groups is 1. The Morgan fingerprint density at radius 2 is 1.58 bits per heavy atom. The van der Waals surface area contributed by atoms with Crippen LogP contribution in [-0.4, -0.2) is 12.3 Å². The lowest BCUT2D eigenvalue weighted by Gasteiger charge is -2.38. The molecule has 1 aliphatic rings. The summed E-state index contributed by atoms with van der Waals surface area (Å²) in [6.45, 7) is 24.2. The van der Waals surface area contributed by atoms with Gasteiger partial charge in [-0.2, -0.15) is 0 Å². The molecule has 0 N–H and O–H groups in total. The summed E-state index contributed by atoms with van der Waals surface area (Å²) in [5, 5.41) is 0. The number of hydrogen-bond donors (Lipinski definition) is 0. The molecule has 1 aromatic carbocycles. The molecule has 1 aliphatic heterocycles. The van der Waals surface area contributed by atoms with Crippen molar-refractivity contribution in [1.29, 1.82) is 0 Å². The van der Waals surface area contributed by atoms with Gasteiger partial charge in [-0.1, -0.05) is 62.0 Å². The van der Waals surface area contributed by atoms with Gasteiger partial charge in [0, 0.05) is 28.6 Å². The Bertz CT molecular complexity index is 613. The minimum atomic E-state index is 0.305. The highest BCUT2D eigenvalue weighted by Gasteiger charge is 2.33. The molecule has 0 aliphatic carbocycles. The fraction of sp³-hybridized carbons (Fsp3) is 0.667. The molecule has 1 fully saturated rings. The lowest BCUT2D eigenvalue weighted by atomic mass is 9.71. The maximum absolute atomic E-state index is 4.33. The van der Waals surface area contributed by atoms with Crippen molar-refractivity contribution in [1.82, 2.24) is 0 Å². The van der Waals surface area contributed by atoms with Crippen molar-refractivity contribution in [2.75, 3.05) is 17.2 Å². The van der Waals surface area contributed by atoms with Crippen LogP contribution in [0.3, 0.4) is 0 Å². The molecule has 0 bridgehead atoms. The number of allylic oxidation sites excluding steroid dienone is 1. The summed E-state index contributed by atoms with van der Waals surface area (Å²) in [7, 11) is 0. The third kappa shape index (κ3) is 5.55. The maximum atomic E-state index is 4.33. The second-order valence-electron chi connectivity index (χ2n) is 10.9. The fourth-order valence-electron chi connectivity index (χ4n) is 3.39. The van der Waals surface area contributed by atoms with Crippen molar-refractivity contribution in [2.45, 2.75) is 73.1 Å². The van der Waals surface area contributed by atoms with Gasteiger partial charge in [0.05, 0.1) is 0 Å². The van der Waals surface area contributed by atoms with Crippen molar-refractivity contribution in [3.63, 3.8) is 0 Å². The first-order valence-electron chi connectivity index (χ1n) is 9.97. The first-order valence-corrected chi connectivity index (χ1v) is 11.0. The molecular weight excluding hydrogens is 334 g/mol. The van der Waals surface area contributed by atoms with Crippen molar-refractivity contribution in [3.05, 3.63) is 36.5 Å². The highest BCUT2D eigenvalue weighted by molar-refractivity contribution is 7.99. The van der Waals surface area contributed by atoms with E-state index in [1.807, 2.05) is 11.8 Å². The monoisotopic (exact) mass is 373 g/mol. The van der Waals surface area contributed by atoms with E-state index in [9.17, 15) is 0 Å². The molecule has 1 saturated heterocycles. The summed E-state index contributed by atoms with van der Waals surface area (Å²) in [6.07, 6.45) is 2.39. The Morgan fingerprint density at radius 3 is 2.08 bits per heavy atom. The van der Waals surface area contributed by atoms with Gasteiger partial charge in [0.15, 0.2) is 0 Å². The second kappa shape index (κ2) is 7.62. The Hall–Kier alpha value is -0.890. The third-order valence-corrected chi connectivity index (χ3v) is 7.50. The fourth-order valence-corrected chi connectivity index (χ4v) is 4.68. The Labute approximate surface area is 166 Å². The molecule has 1 nitrogen and oxygen atoms in total. The van der Waals surface area contributed by atoms with Crippen molar-refractivity contribution in [3.8, 4) is 0 Å². The summed E-state index contributed by atoms with van der Waals surface area (Å²) >= 11 is 1.97. The van der Waals surface area contributed by atoms with Gasteiger partial charge in [-0.05, 0) is 59.3 Å². The lowest BCUT2D eigenvalue weighted by molar-refractivity contribution is 0.162. The summed E-state index contributed by atoms with van der Waals surface area (Å²) in [4.78, 5) is 3.78. The molecule has 2 rings (SSSR count). The number of nitrogens with zero attached hydrogens (tertiary/aromatic N) is 1. The van der Waals surface area contributed by atoms with Gasteiger partial charge in [-0.25, -0.2) is 0 Å². The number of anilines is 1. The average molecular weight is 374 g/mol. The van der Waals surface area contributed by atoms with Crippen molar-refractivity contribution in [2.24, 2.45) is 22.2 Å². The zero-order valence-electron chi connectivity index (χ0n) is 18.3. The molecule has 26 heavy (non-hydrogen) atoms. The zero-order valence-corrected chi connectivity index (χ0v) is 19.1. The van der Waals surface area contributed by atoms with Crippen molar-refractivity contribution < 1.29 is 0 Å². The van der Waals surface area contributed by atoms with E-state index >= 15 is 0 Å². The molecular formula is C24H39NS. The molecule has 1 aromatic rings. The smallest absolute Gasteiger partial charge is 0.0408 e. The lowest BCUT2D eigenvalue weighted by Crippen LogP contribution is -2.31. The third-order valence-electron chi connectivity index (χ3n) is 6.03. The van der Waals surface area contributed by atoms with E-state index in [0.717, 1.165) is 24.6 Å². The first-order chi connectivity index (χ1) is 11.8. The van der Waals surface area contributed by atoms with Gasteiger partial charge in [0.1, 0.15) is 0 Å². The van der Waals surface area contributed by atoms with E-state index < -0.39 is 0 Å². The molecule has 1 atom stereocenters. The molecule has 0 saturated carbocycles. The second-order valence-corrected chi connectivity index (χ2v) is 12.0. The normalized spacial score (nSPS) is 19.3. The van der Waals surface area contributed by atoms with Crippen LogP contribution in [0.1, 0.15) is 68.2 Å². The van der Waals surface area contributed by atoms with E-state index in [-0.39, 0.29) is 0 Å². The minimum absolute atomic E-state index is 0.305. The highest BCUT2D eigenvalue weighted by atomic mass is 32.2. The van der Waals surface area contributed by atoms with E-state index in [0.29, 0.717) is 16.2 Å². The number of rotatable bonds is 5. The van der Waals surface area contributed by atoms with E-state index in [4.69, 9.17) is 0 Å². The molecule has 0 amide bonds. The van der Waals surface area contributed by atoms with E-state index in [1.54, 1.807) is 0 Å². The van der Waals surface area contributed by atoms with Crippen LogP contribution in [0.5, 0.6) is 0 Å². The van der Waals surface area contributed by atoms with Gasteiger partial charge in [0.2, 0.25) is 0 Å². The van der Waals surface area contributed by atoms with Gasteiger partial charge >= 0.3 is 0 Å². The predicted octanol–water partition coefficient (Wildman–Crippen LogP) is 7.63. The van der Waals surface area contributed by atoms with Crippen LogP contribution in [-0.2, 0) is 0 Å². The number of benzene rings is 1. The molecule has 1 unspecified atom stereocenters. The maximum Gasteiger partial charge on any atom is 0.0408 e. The Balaban J connectivity index is 1.98. The Kier molecular flexibility index (Phi) is 6.27. The largest absolute Gasteiger partial charge is 0.345 e. The zero-order chi connectivity index (χ0) is 19.8. The van der Waals surface area contributed by atoms with Crippen LogP contribution in [0.25, 0.3) is 0 Å². The van der Waals surface area contributed by atoms with Gasteiger partial charge in [-0.3, -0.25) is 0 Å². The summed E-state index contributed by atoms with van der Waals surface area (Å²) in [5.41, 5.74) is 3.58. The predicted molar refractivity (Wildman–Crippen MR) is 119 cm³/mol. The van der Waals surface area contributed by atoms with Crippen LogP contribution in [0.2, 0.25) is 0 Å². The summed E-state index contributed by atoms with van der Waals surface area (Å²) < 4.78 is 0. The van der Waals surface area contributed by atoms with Crippen LogP contribution < -0.4 is 4.90 Å². The van der Waals surface area contributed by atoms with Crippen LogP contribution in [0, 0.1) is 22.2 Å². The summed E-state index contributed by atoms with van der Waals surface area (Å²) in [5.74, 6) is 1.86. The standard InChI is InChI=1S/C24H39NS/c1-18-14-19(15-22(2,3)4)16-25(18)20-10-12-21(13-11-20)26-17-24(8,9)23(5,6)7/h10-13,19H,1,14-17H2,2-9H3. The molecule has 0 spiro atoms. The minimum Gasteiger partial charge on any atom is -0.345 e. The Morgan fingerprint density at radius 1 is 1.00 bits per heavy atom. The highest BCUT2D eigenvalue weighted by Crippen LogP contribution is 2.42. The van der Waals surface area contributed by atoms with Crippen LogP contribution >= 0.6 is 11.8 Å². The van der Waals surface area contributed by atoms with Gasteiger partial charge in [-0.15, -0.1) is 11.8 Å². The van der Waals surface area contributed by atoms with Gasteiger partial charge < -0.3 is 4.90 Å². The van der Waals surface area contributed by atoms with Crippen LogP contribution in [0.15, 0.2) is 41.4 Å². The number of hydrogen-bond acceptors (Lipinski definition) is 2. The van der Waals surface area contributed by atoms with Gasteiger partial charge in [0.25, 0.3) is 0 Å². The van der Waals surface area contributed by atoms with Crippen LogP contribution in [0.4, 0.5) is 5.69 Å². The topological polar surface area (TPSA) is 3.24 Å². The first kappa shape index (κ1) is 21.4. The molecule has 146 valence electrons. The molecule has 2 heteroatoms. The van der Waals surface area contributed by atoms with E-state index in [2.05, 4.69) is 91.1 Å². The quantitative estimate of drug-likeness (QED) is 0.488. The average Bonchev–Trinajstić information content (AvgIpc) is 2.83.